The number of para-hydroxylation sites is 2. The van der Waals surface area contributed by atoms with E-state index in [0.717, 1.165) is 28.2 Å². The monoisotopic (exact) mass is 445 g/mol. The number of nitrogens with zero attached hydrogens (tertiary/aromatic N) is 1. The normalized spacial score (nSPS) is 21.8. The summed E-state index contributed by atoms with van der Waals surface area (Å²) in [7, 11) is 0. The van der Waals surface area contributed by atoms with Crippen LogP contribution in [0.4, 0.5) is 17.1 Å². The van der Waals surface area contributed by atoms with Gasteiger partial charge in [0.05, 0.1) is 28.3 Å². The lowest BCUT2D eigenvalue weighted by atomic mass is 9.76. The average molecular weight is 446 g/mol. The van der Waals surface area contributed by atoms with Gasteiger partial charge >= 0.3 is 0 Å². The highest BCUT2D eigenvalue weighted by Crippen LogP contribution is 2.44. The third kappa shape index (κ3) is 3.74. The van der Waals surface area contributed by atoms with Gasteiger partial charge in [0.2, 0.25) is 0 Å². The first-order chi connectivity index (χ1) is 15.5. The highest BCUT2D eigenvalue weighted by atomic mass is 35.5. The Balaban J connectivity index is 1.60. The van der Waals surface area contributed by atoms with Gasteiger partial charge in [-0.2, -0.15) is 0 Å². The molecule has 6 nitrogen and oxygen atoms in total. The van der Waals surface area contributed by atoms with E-state index in [1.54, 1.807) is 12.1 Å². The van der Waals surface area contributed by atoms with E-state index < -0.39 is 10.8 Å². The Hall–Kier alpha value is -3.64. The quantitative estimate of drug-likeness (QED) is 0.376. The van der Waals surface area contributed by atoms with Crippen LogP contribution in [0.15, 0.2) is 84.6 Å². The predicted molar refractivity (Wildman–Crippen MR) is 125 cm³/mol. The van der Waals surface area contributed by atoms with Crippen LogP contribution in [-0.4, -0.2) is 10.7 Å². The number of anilines is 2. The van der Waals surface area contributed by atoms with Gasteiger partial charge in [-0.05, 0) is 35.4 Å². The predicted octanol–water partition coefficient (Wildman–Crippen LogP) is 6.08. The van der Waals surface area contributed by atoms with Crippen molar-refractivity contribution in [1.29, 1.82) is 0 Å². The molecule has 160 valence electrons. The molecule has 32 heavy (non-hydrogen) atoms. The van der Waals surface area contributed by atoms with Crippen LogP contribution < -0.4 is 10.6 Å². The smallest absolute Gasteiger partial charge is 0.269 e. The van der Waals surface area contributed by atoms with Crippen molar-refractivity contribution in [3.05, 3.63) is 111 Å². The molecule has 0 spiro atoms. The zero-order chi connectivity index (χ0) is 22.2. The fraction of sp³-hybridized carbons (Fsp3) is 0.160. The molecule has 0 amide bonds. The fourth-order valence-electron chi connectivity index (χ4n) is 4.53. The van der Waals surface area contributed by atoms with Crippen molar-refractivity contribution in [3.63, 3.8) is 0 Å². The molecular weight excluding hydrogens is 426 g/mol. The Kier molecular flexibility index (Phi) is 5.15. The van der Waals surface area contributed by atoms with E-state index in [0.29, 0.717) is 5.02 Å². The van der Waals surface area contributed by atoms with Gasteiger partial charge in [0.25, 0.3) is 5.69 Å². The molecule has 3 unspecified atom stereocenters. The van der Waals surface area contributed by atoms with Gasteiger partial charge in [-0.25, -0.2) is 0 Å². The number of nitro benzene ring substituents is 1. The second-order valence-electron chi connectivity index (χ2n) is 8.07. The lowest BCUT2D eigenvalue weighted by Crippen LogP contribution is -2.33. The molecule has 1 aliphatic carbocycles. The van der Waals surface area contributed by atoms with Crippen LogP contribution in [0.25, 0.3) is 0 Å². The van der Waals surface area contributed by atoms with E-state index in [1.165, 1.54) is 6.07 Å². The molecule has 0 fully saturated rings. The van der Waals surface area contributed by atoms with Crippen LogP contribution in [-0.2, 0) is 4.79 Å². The first-order valence-electron chi connectivity index (χ1n) is 10.4. The second-order valence-corrected chi connectivity index (χ2v) is 8.51. The lowest BCUT2D eigenvalue weighted by molar-refractivity contribution is -0.384. The van der Waals surface area contributed by atoms with Gasteiger partial charge in [-0.3, -0.25) is 14.9 Å². The van der Waals surface area contributed by atoms with Gasteiger partial charge in [-0.1, -0.05) is 54.1 Å². The average Bonchev–Trinajstić information content (AvgIpc) is 2.96. The number of carbonyl (C=O) groups excluding carboxylic acids is 1. The third-order valence-electron chi connectivity index (χ3n) is 6.07. The first-order valence-corrected chi connectivity index (χ1v) is 10.7. The van der Waals surface area contributed by atoms with Crippen molar-refractivity contribution in [1.82, 2.24) is 0 Å². The number of non-ortho nitro benzene ring substituents is 1. The zero-order valence-electron chi connectivity index (χ0n) is 17.0. The van der Waals surface area contributed by atoms with Crippen molar-refractivity contribution < 1.29 is 9.72 Å². The molecular formula is C25H20ClN3O3. The Labute approximate surface area is 190 Å². The van der Waals surface area contributed by atoms with Crippen molar-refractivity contribution in [2.75, 3.05) is 10.6 Å². The standard InChI is InChI=1S/C25H20ClN3O3/c26-18-10-8-15(9-11-18)25-24-22(27-20-6-1-2-7-21(20)28-25)13-17(14-23(24)30)16-4-3-5-19(12-16)29(31)32/h1-13,17,24-25,27-28H,14H2. The maximum absolute atomic E-state index is 13.5. The van der Waals surface area contributed by atoms with Crippen LogP contribution >= 0.6 is 11.6 Å². The number of allylic oxidation sites excluding steroid dienone is 1. The zero-order valence-corrected chi connectivity index (χ0v) is 17.8. The number of halogens is 1. The summed E-state index contributed by atoms with van der Waals surface area (Å²) < 4.78 is 0. The molecule has 0 radical (unpaired) electrons. The third-order valence-corrected chi connectivity index (χ3v) is 6.32. The summed E-state index contributed by atoms with van der Waals surface area (Å²) >= 11 is 6.09. The molecule has 0 saturated heterocycles. The fourth-order valence-corrected chi connectivity index (χ4v) is 4.66. The van der Waals surface area contributed by atoms with E-state index in [1.807, 2.05) is 60.7 Å². The van der Waals surface area contributed by atoms with Crippen molar-refractivity contribution >= 4 is 34.4 Å². The highest BCUT2D eigenvalue weighted by Gasteiger charge is 2.39. The van der Waals surface area contributed by atoms with Crippen LogP contribution in [0.2, 0.25) is 5.02 Å². The number of nitro groups is 1. The van der Waals surface area contributed by atoms with Crippen molar-refractivity contribution in [2.24, 2.45) is 5.92 Å². The Morgan fingerprint density at radius 3 is 2.44 bits per heavy atom. The molecule has 2 aliphatic rings. The van der Waals surface area contributed by atoms with Gasteiger partial charge in [0, 0.05) is 35.2 Å². The highest BCUT2D eigenvalue weighted by molar-refractivity contribution is 6.30. The number of carbonyl (C=O) groups is 1. The number of benzene rings is 3. The molecule has 3 aromatic carbocycles. The van der Waals surface area contributed by atoms with E-state index in [-0.39, 0.29) is 29.9 Å². The molecule has 3 atom stereocenters. The van der Waals surface area contributed by atoms with Crippen LogP contribution in [0.5, 0.6) is 0 Å². The molecule has 3 aromatic rings. The Bertz CT molecular complexity index is 1240. The summed E-state index contributed by atoms with van der Waals surface area (Å²) in [6, 6.07) is 21.6. The van der Waals surface area contributed by atoms with E-state index in [9.17, 15) is 14.9 Å². The molecule has 1 aliphatic heterocycles. The number of nitrogens with one attached hydrogen (secondary N) is 2. The number of fused-ring (bicyclic) bond motifs is 2. The largest absolute Gasteiger partial charge is 0.375 e. The number of rotatable bonds is 3. The maximum atomic E-state index is 13.5. The summed E-state index contributed by atoms with van der Waals surface area (Å²) in [6.45, 7) is 0. The van der Waals surface area contributed by atoms with Gasteiger partial charge < -0.3 is 10.6 Å². The van der Waals surface area contributed by atoms with Crippen LogP contribution in [0.3, 0.4) is 0 Å². The van der Waals surface area contributed by atoms with Crippen LogP contribution in [0.1, 0.15) is 29.5 Å². The Morgan fingerprint density at radius 1 is 0.938 bits per heavy atom. The number of hydrogen-bond acceptors (Lipinski definition) is 5. The molecule has 2 N–H and O–H groups in total. The maximum Gasteiger partial charge on any atom is 0.269 e. The molecule has 7 heteroatoms. The molecule has 0 bridgehead atoms. The van der Waals surface area contributed by atoms with Gasteiger partial charge in [0.15, 0.2) is 0 Å². The van der Waals surface area contributed by atoms with Crippen molar-refractivity contribution in [2.45, 2.75) is 18.4 Å². The van der Waals surface area contributed by atoms with Gasteiger partial charge in [-0.15, -0.1) is 0 Å². The first kappa shape index (κ1) is 20.3. The molecule has 0 aromatic heterocycles. The minimum atomic E-state index is -0.418. The molecule has 5 rings (SSSR count). The topological polar surface area (TPSA) is 84.3 Å². The van der Waals surface area contributed by atoms with E-state index in [4.69, 9.17) is 11.6 Å². The summed E-state index contributed by atoms with van der Waals surface area (Å²) in [4.78, 5) is 24.3. The number of ketones is 1. The minimum Gasteiger partial charge on any atom is -0.375 e. The van der Waals surface area contributed by atoms with E-state index >= 15 is 0 Å². The summed E-state index contributed by atoms with van der Waals surface area (Å²) in [5.41, 5.74) is 4.33. The van der Waals surface area contributed by atoms with Gasteiger partial charge in [0.1, 0.15) is 5.78 Å². The number of hydrogen-bond donors (Lipinski definition) is 2. The summed E-state index contributed by atoms with van der Waals surface area (Å²) in [6.07, 6.45) is 2.32. The Morgan fingerprint density at radius 2 is 1.69 bits per heavy atom. The SMILES string of the molecule is O=C1CC(c2cccc([N+](=O)[O-])c2)C=C2Nc3ccccc3NC(c3ccc(Cl)cc3)C12. The minimum absolute atomic E-state index is 0.0235. The van der Waals surface area contributed by atoms with Crippen LogP contribution in [0, 0.1) is 16.0 Å². The molecule has 0 saturated carbocycles. The summed E-state index contributed by atoms with van der Waals surface area (Å²) in [5.74, 6) is -0.581. The number of Topliss-reactive ketones (excluding diaryl/α,β-unsaturated/α-hetero) is 1. The van der Waals surface area contributed by atoms with E-state index in [2.05, 4.69) is 10.6 Å². The molecule has 1 heterocycles. The lowest BCUT2D eigenvalue weighted by Gasteiger charge is -2.32. The van der Waals surface area contributed by atoms with Crippen molar-refractivity contribution in [3.8, 4) is 0 Å². The summed E-state index contributed by atoms with van der Waals surface area (Å²) in [5, 5.41) is 18.9. The second kappa shape index (κ2) is 8.13.